The van der Waals surface area contributed by atoms with Gasteiger partial charge in [0.1, 0.15) is 0 Å². The molecule has 0 bridgehead atoms. The van der Waals surface area contributed by atoms with Gasteiger partial charge in [-0.25, -0.2) is 0 Å². The Morgan fingerprint density at radius 2 is 2.33 bits per heavy atom. The van der Waals surface area contributed by atoms with E-state index in [0.717, 1.165) is 25.1 Å². The number of tetrazole rings is 1. The van der Waals surface area contributed by atoms with E-state index in [1.165, 1.54) is 15.6 Å². The van der Waals surface area contributed by atoms with Gasteiger partial charge in [-0.1, -0.05) is 27.2 Å². The van der Waals surface area contributed by atoms with Crippen LogP contribution >= 0.6 is 15.9 Å². The van der Waals surface area contributed by atoms with Gasteiger partial charge < -0.3 is 5.32 Å². The van der Waals surface area contributed by atoms with Gasteiger partial charge in [0, 0.05) is 10.5 Å². The first-order valence-corrected chi connectivity index (χ1v) is 6.83. The molecule has 0 amide bonds. The summed E-state index contributed by atoms with van der Waals surface area (Å²) >= 11 is 3.52. The summed E-state index contributed by atoms with van der Waals surface area (Å²) in [5, 5.41) is 17.4. The highest BCUT2D eigenvalue weighted by Gasteiger charge is 2.18. The summed E-state index contributed by atoms with van der Waals surface area (Å²) in [6.07, 6.45) is 3.35. The largest absolute Gasteiger partial charge is 0.307 e. The van der Waals surface area contributed by atoms with Crippen molar-refractivity contribution in [3.8, 4) is 0 Å². The molecule has 1 unspecified atom stereocenters. The number of aromatic amines is 1. The third kappa shape index (κ3) is 2.59. The third-order valence-corrected chi connectivity index (χ3v) is 3.83. The Hall–Kier alpha value is -1.27. The Labute approximate surface area is 113 Å². The van der Waals surface area contributed by atoms with Gasteiger partial charge >= 0.3 is 0 Å². The molecule has 18 heavy (non-hydrogen) atoms. The highest BCUT2D eigenvalue weighted by atomic mass is 79.9. The number of hydrogen-bond acceptors (Lipinski definition) is 4. The molecule has 0 radical (unpaired) electrons. The lowest BCUT2D eigenvalue weighted by Crippen LogP contribution is -2.34. The van der Waals surface area contributed by atoms with Crippen molar-refractivity contribution in [3.05, 3.63) is 39.6 Å². The average Bonchev–Trinajstić information content (AvgIpc) is 2.89. The van der Waals surface area contributed by atoms with Gasteiger partial charge in [0.2, 0.25) is 0 Å². The van der Waals surface area contributed by atoms with E-state index < -0.39 is 0 Å². The molecular weight excluding hydrogens is 294 g/mol. The fourth-order valence-corrected chi connectivity index (χ4v) is 2.80. The first kappa shape index (κ1) is 11.8. The fourth-order valence-electron chi connectivity index (χ4n) is 2.39. The number of rotatable bonds is 3. The molecule has 2 N–H and O–H groups in total. The van der Waals surface area contributed by atoms with E-state index in [4.69, 9.17) is 0 Å². The van der Waals surface area contributed by atoms with Gasteiger partial charge in [-0.05, 0) is 42.5 Å². The molecule has 1 aromatic heterocycles. The zero-order valence-corrected chi connectivity index (χ0v) is 11.4. The number of fused-ring (bicyclic) bond motifs is 1. The zero-order valence-electron chi connectivity index (χ0n) is 9.86. The monoisotopic (exact) mass is 307 g/mol. The summed E-state index contributed by atoms with van der Waals surface area (Å²) in [4.78, 5) is 0. The average molecular weight is 308 g/mol. The molecule has 1 heterocycles. The van der Waals surface area contributed by atoms with Crippen LogP contribution in [0, 0.1) is 0 Å². The molecule has 1 aliphatic rings. The van der Waals surface area contributed by atoms with Gasteiger partial charge in [-0.3, -0.25) is 0 Å². The highest BCUT2D eigenvalue weighted by molar-refractivity contribution is 9.10. The minimum Gasteiger partial charge on any atom is -0.307 e. The van der Waals surface area contributed by atoms with Crippen molar-refractivity contribution in [2.24, 2.45) is 0 Å². The van der Waals surface area contributed by atoms with Crippen molar-refractivity contribution in [3.63, 3.8) is 0 Å². The van der Waals surface area contributed by atoms with Gasteiger partial charge in [0.15, 0.2) is 5.82 Å². The molecular formula is C12H14BrN5. The molecule has 3 rings (SSSR count). The van der Waals surface area contributed by atoms with Crippen LogP contribution in [0.5, 0.6) is 0 Å². The molecule has 1 atom stereocenters. The molecule has 2 aromatic rings. The Kier molecular flexibility index (Phi) is 3.38. The number of nitrogens with zero attached hydrogens (tertiary/aromatic N) is 3. The van der Waals surface area contributed by atoms with Crippen LogP contribution in [0.2, 0.25) is 0 Å². The minimum atomic E-state index is 0.497. The van der Waals surface area contributed by atoms with Crippen LogP contribution in [0.3, 0.4) is 0 Å². The number of aromatic nitrogens is 4. The summed E-state index contributed by atoms with van der Waals surface area (Å²) in [6.45, 7) is 0.674. The van der Waals surface area contributed by atoms with E-state index in [9.17, 15) is 0 Å². The van der Waals surface area contributed by atoms with Crippen LogP contribution in [-0.2, 0) is 19.4 Å². The quantitative estimate of drug-likeness (QED) is 0.904. The molecule has 0 spiro atoms. The summed E-state index contributed by atoms with van der Waals surface area (Å²) in [5.41, 5.74) is 2.90. The molecule has 0 fully saturated rings. The van der Waals surface area contributed by atoms with E-state index in [1.54, 1.807) is 0 Å². The third-order valence-electron chi connectivity index (χ3n) is 3.33. The van der Waals surface area contributed by atoms with Crippen molar-refractivity contribution in [2.45, 2.75) is 31.8 Å². The van der Waals surface area contributed by atoms with Crippen LogP contribution in [0.4, 0.5) is 0 Å². The maximum absolute atomic E-state index is 3.94. The second-order valence-corrected chi connectivity index (χ2v) is 5.48. The van der Waals surface area contributed by atoms with Crippen molar-refractivity contribution in [1.82, 2.24) is 25.9 Å². The normalized spacial score (nSPS) is 18.6. The number of H-pyrrole nitrogens is 1. The molecule has 5 nitrogen and oxygen atoms in total. The predicted molar refractivity (Wildman–Crippen MR) is 71.0 cm³/mol. The Morgan fingerprint density at radius 3 is 3.17 bits per heavy atom. The van der Waals surface area contributed by atoms with Crippen molar-refractivity contribution >= 4 is 15.9 Å². The molecule has 1 aromatic carbocycles. The summed E-state index contributed by atoms with van der Waals surface area (Å²) in [6, 6.07) is 7.05. The highest BCUT2D eigenvalue weighted by Crippen LogP contribution is 2.24. The zero-order chi connectivity index (χ0) is 12.4. The van der Waals surface area contributed by atoms with Crippen LogP contribution in [0.25, 0.3) is 0 Å². The summed E-state index contributed by atoms with van der Waals surface area (Å²) in [5.74, 6) is 0.719. The molecule has 0 saturated heterocycles. The summed E-state index contributed by atoms with van der Waals surface area (Å²) in [7, 11) is 0. The van der Waals surface area contributed by atoms with Crippen molar-refractivity contribution in [1.29, 1.82) is 0 Å². The smallest absolute Gasteiger partial charge is 0.188 e. The molecule has 1 aliphatic carbocycles. The van der Waals surface area contributed by atoms with Crippen LogP contribution < -0.4 is 5.32 Å². The van der Waals surface area contributed by atoms with E-state index in [1.807, 2.05) is 0 Å². The molecule has 0 saturated carbocycles. The second kappa shape index (κ2) is 5.16. The summed E-state index contributed by atoms with van der Waals surface area (Å²) < 4.78 is 1.17. The molecule has 94 valence electrons. The van der Waals surface area contributed by atoms with E-state index in [0.29, 0.717) is 12.6 Å². The fraction of sp³-hybridized carbons (Fsp3) is 0.417. The Morgan fingerprint density at radius 1 is 1.39 bits per heavy atom. The van der Waals surface area contributed by atoms with Crippen molar-refractivity contribution < 1.29 is 0 Å². The number of aryl methyl sites for hydroxylation is 1. The number of benzene rings is 1. The topological polar surface area (TPSA) is 66.5 Å². The predicted octanol–water partition coefficient (Wildman–Crippen LogP) is 1.61. The van der Waals surface area contributed by atoms with Gasteiger partial charge in [0.05, 0.1) is 6.54 Å². The first-order valence-electron chi connectivity index (χ1n) is 6.04. The lowest BCUT2D eigenvalue weighted by molar-refractivity contribution is 0.451. The second-order valence-electron chi connectivity index (χ2n) is 4.56. The SMILES string of the molecule is Brc1ccc2c(c1)CCC(NCc1nn[nH]n1)C2. The van der Waals surface area contributed by atoms with Gasteiger partial charge in [0.25, 0.3) is 0 Å². The lowest BCUT2D eigenvalue weighted by Gasteiger charge is -2.25. The van der Waals surface area contributed by atoms with Crippen LogP contribution in [-0.4, -0.2) is 26.7 Å². The van der Waals surface area contributed by atoms with E-state index in [2.05, 4.69) is 60.1 Å². The number of hydrogen-bond donors (Lipinski definition) is 2. The van der Waals surface area contributed by atoms with Crippen LogP contribution in [0.1, 0.15) is 23.4 Å². The first-order chi connectivity index (χ1) is 8.81. The minimum absolute atomic E-state index is 0.497. The Bertz CT molecular complexity index is 525. The lowest BCUT2D eigenvalue weighted by atomic mass is 9.88. The van der Waals surface area contributed by atoms with E-state index >= 15 is 0 Å². The number of halogens is 1. The maximum Gasteiger partial charge on any atom is 0.188 e. The number of nitrogens with one attached hydrogen (secondary N) is 2. The van der Waals surface area contributed by atoms with E-state index in [-0.39, 0.29) is 0 Å². The van der Waals surface area contributed by atoms with Gasteiger partial charge in [-0.2, -0.15) is 5.21 Å². The van der Waals surface area contributed by atoms with Gasteiger partial charge in [-0.15, -0.1) is 10.2 Å². The maximum atomic E-state index is 3.94. The van der Waals surface area contributed by atoms with Crippen molar-refractivity contribution in [2.75, 3.05) is 0 Å². The molecule has 0 aliphatic heterocycles. The molecule has 6 heteroatoms. The standard InChI is InChI=1S/C12H14BrN5/c13-10-3-1-9-6-11(4-2-8(9)5-10)14-7-12-15-17-18-16-12/h1,3,5,11,14H,2,4,6-7H2,(H,15,16,17,18). The Balaban J connectivity index is 1.62. The van der Waals surface area contributed by atoms with Crippen LogP contribution in [0.15, 0.2) is 22.7 Å².